The van der Waals surface area contributed by atoms with Crippen molar-refractivity contribution in [2.45, 2.75) is 39.5 Å². The van der Waals surface area contributed by atoms with E-state index in [0.717, 1.165) is 13.0 Å². The molecule has 6 nitrogen and oxygen atoms in total. The third kappa shape index (κ3) is 4.19. The SMILES string of the molecule is Cc1cc2c(C)c(CCC(=O)CCCN(C)C)c(=O)oc2c(C=O)c1O. The van der Waals surface area contributed by atoms with Gasteiger partial charge in [-0.1, -0.05) is 0 Å². The number of rotatable bonds is 8. The first kappa shape index (κ1) is 19.8. The number of benzene rings is 1. The van der Waals surface area contributed by atoms with Crippen molar-refractivity contribution >= 4 is 23.0 Å². The van der Waals surface area contributed by atoms with Crippen LogP contribution in [-0.2, 0) is 11.2 Å². The molecule has 0 saturated heterocycles. The number of carbonyl (C=O) groups excluding carboxylic acids is 2. The number of hydrogen-bond donors (Lipinski definition) is 1. The number of phenols is 1. The highest BCUT2D eigenvalue weighted by Crippen LogP contribution is 2.31. The monoisotopic (exact) mass is 359 g/mol. The van der Waals surface area contributed by atoms with Crippen LogP contribution in [0.4, 0.5) is 0 Å². The fourth-order valence-electron chi connectivity index (χ4n) is 3.05. The second-order valence-corrected chi connectivity index (χ2v) is 6.89. The molecular formula is C20H25NO5. The molecule has 2 rings (SSSR count). The standard InChI is InChI=1S/C20H25NO5/c1-12-10-16-13(2)15(8-7-14(23)6-5-9-21(3)4)20(25)26-19(16)17(11-22)18(12)24/h10-11,24H,5-9H2,1-4H3. The summed E-state index contributed by atoms with van der Waals surface area (Å²) in [6.45, 7) is 4.30. The average molecular weight is 359 g/mol. The summed E-state index contributed by atoms with van der Waals surface area (Å²) in [5.41, 5.74) is 1.16. The molecule has 1 aromatic heterocycles. The number of fused-ring (bicyclic) bond motifs is 1. The summed E-state index contributed by atoms with van der Waals surface area (Å²) in [7, 11) is 3.92. The summed E-state index contributed by atoms with van der Waals surface area (Å²) in [6.07, 6.45) is 2.35. The van der Waals surface area contributed by atoms with Crippen LogP contribution in [0.15, 0.2) is 15.3 Å². The molecule has 0 fully saturated rings. The quantitative estimate of drug-likeness (QED) is 0.576. The van der Waals surface area contributed by atoms with E-state index in [4.69, 9.17) is 4.42 Å². The van der Waals surface area contributed by atoms with E-state index >= 15 is 0 Å². The molecule has 26 heavy (non-hydrogen) atoms. The smallest absolute Gasteiger partial charge is 0.339 e. The Kier molecular flexibility index (Phi) is 6.32. The number of hydrogen-bond acceptors (Lipinski definition) is 6. The second-order valence-electron chi connectivity index (χ2n) is 6.89. The van der Waals surface area contributed by atoms with Gasteiger partial charge in [0.25, 0.3) is 0 Å². The summed E-state index contributed by atoms with van der Waals surface area (Å²) >= 11 is 0. The lowest BCUT2D eigenvalue weighted by atomic mass is 9.97. The molecule has 0 unspecified atom stereocenters. The molecule has 1 N–H and O–H groups in total. The van der Waals surface area contributed by atoms with Crippen LogP contribution in [0.1, 0.15) is 46.3 Å². The van der Waals surface area contributed by atoms with Crippen molar-refractivity contribution < 1.29 is 19.1 Å². The molecule has 0 aliphatic heterocycles. The largest absolute Gasteiger partial charge is 0.507 e. The third-order valence-corrected chi connectivity index (χ3v) is 4.61. The number of carbonyl (C=O) groups is 2. The Morgan fingerprint density at radius 1 is 1.27 bits per heavy atom. The van der Waals surface area contributed by atoms with Gasteiger partial charge in [-0.15, -0.1) is 0 Å². The van der Waals surface area contributed by atoms with Gasteiger partial charge in [0.1, 0.15) is 11.5 Å². The van der Waals surface area contributed by atoms with Crippen LogP contribution < -0.4 is 5.63 Å². The summed E-state index contributed by atoms with van der Waals surface area (Å²) in [4.78, 5) is 37.7. The highest BCUT2D eigenvalue weighted by atomic mass is 16.4. The molecule has 0 spiro atoms. The maximum atomic E-state index is 12.4. The van der Waals surface area contributed by atoms with Crippen LogP contribution in [0, 0.1) is 13.8 Å². The van der Waals surface area contributed by atoms with Gasteiger partial charge in [0, 0.05) is 23.8 Å². The molecule has 140 valence electrons. The van der Waals surface area contributed by atoms with Crippen LogP contribution in [0.3, 0.4) is 0 Å². The molecule has 2 aromatic rings. The lowest BCUT2D eigenvalue weighted by molar-refractivity contribution is -0.119. The highest BCUT2D eigenvalue weighted by Gasteiger charge is 2.18. The van der Waals surface area contributed by atoms with Crippen LogP contribution in [0.2, 0.25) is 0 Å². The minimum atomic E-state index is -0.567. The summed E-state index contributed by atoms with van der Waals surface area (Å²) in [6, 6.07) is 1.69. The second kappa shape index (κ2) is 8.27. The van der Waals surface area contributed by atoms with E-state index in [1.807, 2.05) is 19.0 Å². The fourth-order valence-corrected chi connectivity index (χ4v) is 3.05. The zero-order valence-electron chi connectivity index (χ0n) is 15.7. The van der Waals surface area contributed by atoms with E-state index in [-0.39, 0.29) is 29.1 Å². The van der Waals surface area contributed by atoms with Crippen LogP contribution >= 0.6 is 0 Å². The minimum Gasteiger partial charge on any atom is -0.507 e. The molecule has 0 amide bonds. The predicted octanol–water partition coefficient (Wildman–Crippen LogP) is 2.77. The van der Waals surface area contributed by atoms with Crippen LogP contribution in [0.25, 0.3) is 11.0 Å². The zero-order valence-corrected chi connectivity index (χ0v) is 15.7. The van der Waals surface area contributed by atoms with Gasteiger partial charge in [0.05, 0.1) is 5.56 Å². The van der Waals surface area contributed by atoms with Gasteiger partial charge in [-0.3, -0.25) is 9.59 Å². The lowest BCUT2D eigenvalue weighted by Crippen LogP contribution is -2.15. The number of phenolic OH excluding ortho intramolecular Hbond substituents is 1. The van der Waals surface area contributed by atoms with Crippen molar-refractivity contribution in [3.05, 3.63) is 38.7 Å². The summed E-state index contributed by atoms with van der Waals surface area (Å²) in [5, 5.41) is 10.6. The normalized spacial score (nSPS) is 11.3. The van der Waals surface area contributed by atoms with Gasteiger partial charge < -0.3 is 14.4 Å². The average Bonchev–Trinajstić information content (AvgIpc) is 2.57. The molecule has 0 bridgehead atoms. The van der Waals surface area contributed by atoms with Crippen molar-refractivity contribution in [3.8, 4) is 5.75 Å². The third-order valence-electron chi connectivity index (χ3n) is 4.61. The van der Waals surface area contributed by atoms with E-state index in [0.29, 0.717) is 41.2 Å². The molecule has 1 heterocycles. The Labute approximate surface area is 152 Å². The first-order chi connectivity index (χ1) is 12.3. The van der Waals surface area contributed by atoms with Crippen LogP contribution in [0.5, 0.6) is 5.75 Å². The first-order valence-corrected chi connectivity index (χ1v) is 8.66. The molecule has 0 aliphatic carbocycles. The van der Waals surface area contributed by atoms with Gasteiger partial charge in [0.15, 0.2) is 11.9 Å². The number of aldehydes is 1. The van der Waals surface area contributed by atoms with E-state index in [2.05, 4.69) is 0 Å². The molecule has 6 heteroatoms. The topological polar surface area (TPSA) is 87.8 Å². The minimum absolute atomic E-state index is 0.0217. The Hall–Kier alpha value is -2.47. The maximum Gasteiger partial charge on any atom is 0.339 e. The number of nitrogens with zero attached hydrogens (tertiary/aromatic N) is 1. The zero-order chi connectivity index (χ0) is 19.4. The van der Waals surface area contributed by atoms with E-state index < -0.39 is 5.63 Å². The molecule has 1 aromatic carbocycles. The van der Waals surface area contributed by atoms with E-state index in [1.54, 1.807) is 19.9 Å². The van der Waals surface area contributed by atoms with E-state index in [9.17, 15) is 19.5 Å². The predicted molar refractivity (Wildman–Crippen MR) is 100 cm³/mol. The molecule has 0 atom stereocenters. The lowest BCUT2D eigenvalue weighted by Gasteiger charge is -2.11. The van der Waals surface area contributed by atoms with Gasteiger partial charge in [0.2, 0.25) is 0 Å². The maximum absolute atomic E-state index is 12.4. The fraction of sp³-hybridized carbons (Fsp3) is 0.450. The molecule has 0 aliphatic rings. The number of aromatic hydroxyl groups is 1. The van der Waals surface area contributed by atoms with Gasteiger partial charge >= 0.3 is 5.63 Å². The van der Waals surface area contributed by atoms with Gasteiger partial charge in [-0.25, -0.2) is 4.79 Å². The van der Waals surface area contributed by atoms with Crippen molar-refractivity contribution in [2.75, 3.05) is 20.6 Å². The number of aryl methyl sites for hydroxylation is 2. The highest BCUT2D eigenvalue weighted by molar-refractivity contribution is 5.99. The Balaban J connectivity index is 2.29. The summed E-state index contributed by atoms with van der Waals surface area (Å²) in [5.74, 6) is -0.0694. The summed E-state index contributed by atoms with van der Waals surface area (Å²) < 4.78 is 5.31. The Morgan fingerprint density at radius 2 is 1.96 bits per heavy atom. The Morgan fingerprint density at radius 3 is 2.58 bits per heavy atom. The van der Waals surface area contributed by atoms with Gasteiger partial charge in [-0.2, -0.15) is 0 Å². The van der Waals surface area contributed by atoms with Gasteiger partial charge in [-0.05, 0) is 64.5 Å². The number of Topliss-reactive ketones (excluding diaryl/α,β-unsaturated/α-hetero) is 1. The van der Waals surface area contributed by atoms with Crippen molar-refractivity contribution in [1.82, 2.24) is 4.90 Å². The number of ketones is 1. The molecular weight excluding hydrogens is 334 g/mol. The Bertz CT molecular complexity index is 895. The van der Waals surface area contributed by atoms with Crippen molar-refractivity contribution in [1.29, 1.82) is 0 Å². The van der Waals surface area contributed by atoms with Crippen LogP contribution in [-0.4, -0.2) is 42.7 Å². The van der Waals surface area contributed by atoms with E-state index in [1.165, 1.54) is 0 Å². The molecule has 0 radical (unpaired) electrons. The molecule has 0 saturated carbocycles. The first-order valence-electron chi connectivity index (χ1n) is 8.66. The van der Waals surface area contributed by atoms with Crippen molar-refractivity contribution in [2.24, 2.45) is 0 Å². The van der Waals surface area contributed by atoms with Crippen molar-refractivity contribution in [3.63, 3.8) is 0 Å².